The van der Waals surface area contributed by atoms with Gasteiger partial charge in [0.2, 0.25) is 0 Å². The zero-order chi connectivity index (χ0) is 14.4. The standard InChI is InChI=1S/C15H17N3O2/c1-16-12-6-7-17-14(9-12)15(19)18-10-11-4-3-5-13(8-11)20-2/h3-9H,10H2,1-2H3,(H,16,17)(H,18,19). The van der Waals surface area contributed by atoms with E-state index in [9.17, 15) is 4.79 Å². The number of anilines is 1. The molecule has 0 unspecified atom stereocenters. The lowest BCUT2D eigenvalue weighted by atomic mass is 10.2. The Balaban J connectivity index is 2.00. The maximum atomic E-state index is 12.0. The summed E-state index contributed by atoms with van der Waals surface area (Å²) in [6, 6.07) is 11.1. The minimum atomic E-state index is -0.204. The minimum Gasteiger partial charge on any atom is -0.497 e. The quantitative estimate of drug-likeness (QED) is 0.873. The molecule has 0 aliphatic carbocycles. The van der Waals surface area contributed by atoms with Crippen molar-refractivity contribution >= 4 is 11.6 Å². The summed E-state index contributed by atoms with van der Waals surface area (Å²) in [4.78, 5) is 16.1. The SMILES string of the molecule is CNc1ccnc(C(=O)NCc2cccc(OC)c2)c1. The third-order valence-corrected chi connectivity index (χ3v) is 2.87. The molecule has 2 aromatic rings. The monoisotopic (exact) mass is 271 g/mol. The number of benzene rings is 1. The van der Waals surface area contributed by atoms with Crippen LogP contribution in [0.4, 0.5) is 5.69 Å². The molecular weight excluding hydrogens is 254 g/mol. The van der Waals surface area contributed by atoms with Crippen LogP contribution in [0.5, 0.6) is 5.75 Å². The topological polar surface area (TPSA) is 63.2 Å². The number of hydrogen-bond acceptors (Lipinski definition) is 4. The van der Waals surface area contributed by atoms with Crippen molar-refractivity contribution in [3.63, 3.8) is 0 Å². The lowest BCUT2D eigenvalue weighted by molar-refractivity contribution is 0.0946. The Morgan fingerprint density at radius 3 is 2.90 bits per heavy atom. The van der Waals surface area contributed by atoms with E-state index in [4.69, 9.17) is 4.74 Å². The van der Waals surface area contributed by atoms with Crippen LogP contribution in [-0.4, -0.2) is 25.0 Å². The number of nitrogens with zero attached hydrogens (tertiary/aromatic N) is 1. The molecule has 1 heterocycles. The first-order valence-corrected chi connectivity index (χ1v) is 6.28. The van der Waals surface area contributed by atoms with E-state index in [-0.39, 0.29) is 5.91 Å². The fourth-order valence-corrected chi connectivity index (χ4v) is 1.77. The van der Waals surface area contributed by atoms with E-state index in [0.29, 0.717) is 12.2 Å². The van der Waals surface area contributed by atoms with Crippen LogP contribution in [0.2, 0.25) is 0 Å². The average Bonchev–Trinajstić information content (AvgIpc) is 2.52. The number of aromatic nitrogens is 1. The van der Waals surface area contributed by atoms with E-state index in [1.807, 2.05) is 24.3 Å². The van der Waals surface area contributed by atoms with Crippen molar-refractivity contribution in [1.82, 2.24) is 10.3 Å². The van der Waals surface area contributed by atoms with Gasteiger partial charge in [-0.3, -0.25) is 9.78 Å². The molecule has 1 amide bonds. The number of amides is 1. The molecule has 2 N–H and O–H groups in total. The third kappa shape index (κ3) is 3.47. The number of nitrogens with one attached hydrogen (secondary N) is 2. The second-order valence-corrected chi connectivity index (χ2v) is 4.21. The van der Waals surface area contributed by atoms with Gasteiger partial charge < -0.3 is 15.4 Å². The van der Waals surface area contributed by atoms with Gasteiger partial charge in [0, 0.05) is 25.5 Å². The van der Waals surface area contributed by atoms with Crippen LogP contribution in [0.3, 0.4) is 0 Å². The van der Waals surface area contributed by atoms with E-state index in [0.717, 1.165) is 17.0 Å². The molecule has 5 heteroatoms. The maximum Gasteiger partial charge on any atom is 0.270 e. The van der Waals surface area contributed by atoms with E-state index < -0.39 is 0 Å². The molecule has 0 saturated carbocycles. The van der Waals surface area contributed by atoms with Crippen LogP contribution >= 0.6 is 0 Å². The smallest absolute Gasteiger partial charge is 0.270 e. The summed E-state index contributed by atoms with van der Waals surface area (Å²) < 4.78 is 5.14. The Labute approximate surface area is 118 Å². The van der Waals surface area contributed by atoms with Crippen molar-refractivity contribution in [2.75, 3.05) is 19.5 Å². The summed E-state index contributed by atoms with van der Waals surface area (Å²) in [5.74, 6) is 0.567. The summed E-state index contributed by atoms with van der Waals surface area (Å²) in [7, 11) is 3.41. The molecule has 0 aliphatic heterocycles. The molecular formula is C15H17N3O2. The van der Waals surface area contributed by atoms with Gasteiger partial charge in [-0.25, -0.2) is 0 Å². The Morgan fingerprint density at radius 1 is 1.30 bits per heavy atom. The predicted octanol–water partition coefficient (Wildman–Crippen LogP) is 2.06. The Kier molecular flexibility index (Phi) is 4.55. The van der Waals surface area contributed by atoms with E-state index in [1.165, 1.54) is 0 Å². The fraction of sp³-hybridized carbons (Fsp3) is 0.200. The van der Waals surface area contributed by atoms with Crippen LogP contribution in [0.15, 0.2) is 42.6 Å². The van der Waals surface area contributed by atoms with Gasteiger partial charge in [0.05, 0.1) is 7.11 Å². The van der Waals surface area contributed by atoms with Crippen molar-refractivity contribution in [2.24, 2.45) is 0 Å². The van der Waals surface area contributed by atoms with Gasteiger partial charge in [0.1, 0.15) is 11.4 Å². The number of pyridine rings is 1. The van der Waals surface area contributed by atoms with Gasteiger partial charge in [-0.1, -0.05) is 12.1 Å². The molecule has 0 spiro atoms. The molecule has 2 rings (SSSR count). The highest BCUT2D eigenvalue weighted by molar-refractivity contribution is 5.93. The van der Waals surface area contributed by atoms with Crippen molar-refractivity contribution in [1.29, 1.82) is 0 Å². The molecule has 5 nitrogen and oxygen atoms in total. The first-order valence-electron chi connectivity index (χ1n) is 6.28. The summed E-state index contributed by atoms with van der Waals surface area (Å²) in [6.07, 6.45) is 1.60. The first kappa shape index (κ1) is 13.9. The van der Waals surface area contributed by atoms with Gasteiger partial charge in [0.15, 0.2) is 0 Å². The van der Waals surface area contributed by atoms with Crippen molar-refractivity contribution in [2.45, 2.75) is 6.54 Å². The number of ether oxygens (including phenoxy) is 1. The number of carbonyl (C=O) groups excluding carboxylic acids is 1. The first-order chi connectivity index (χ1) is 9.72. The lowest BCUT2D eigenvalue weighted by Crippen LogP contribution is -2.23. The number of rotatable bonds is 5. The molecule has 1 aromatic carbocycles. The van der Waals surface area contributed by atoms with E-state index in [1.54, 1.807) is 32.5 Å². The third-order valence-electron chi connectivity index (χ3n) is 2.87. The Bertz CT molecular complexity index is 599. The van der Waals surface area contributed by atoms with Crippen molar-refractivity contribution in [3.05, 3.63) is 53.9 Å². The fourth-order valence-electron chi connectivity index (χ4n) is 1.77. The highest BCUT2D eigenvalue weighted by Crippen LogP contribution is 2.12. The predicted molar refractivity (Wildman–Crippen MR) is 77.9 cm³/mol. The summed E-state index contributed by atoms with van der Waals surface area (Å²) in [6.45, 7) is 0.432. The number of carbonyl (C=O) groups is 1. The molecule has 0 fully saturated rings. The van der Waals surface area contributed by atoms with Crippen LogP contribution in [0.25, 0.3) is 0 Å². The largest absolute Gasteiger partial charge is 0.497 e. The van der Waals surface area contributed by atoms with Crippen LogP contribution in [0.1, 0.15) is 16.1 Å². The molecule has 104 valence electrons. The van der Waals surface area contributed by atoms with Crippen LogP contribution < -0.4 is 15.4 Å². The van der Waals surface area contributed by atoms with E-state index >= 15 is 0 Å². The second kappa shape index (κ2) is 6.56. The highest BCUT2D eigenvalue weighted by Gasteiger charge is 2.07. The minimum absolute atomic E-state index is 0.204. The molecule has 0 saturated heterocycles. The Hall–Kier alpha value is -2.56. The van der Waals surface area contributed by atoms with Crippen LogP contribution in [0, 0.1) is 0 Å². The molecule has 1 aromatic heterocycles. The van der Waals surface area contributed by atoms with Gasteiger partial charge in [0.25, 0.3) is 5.91 Å². The van der Waals surface area contributed by atoms with Gasteiger partial charge in [-0.15, -0.1) is 0 Å². The van der Waals surface area contributed by atoms with E-state index in [2.05, 4.69) is 15.6 Å². The summed E-state index contributed by atoms with van der Waals surface area (Å²) in [5, 5.41) is 5.81. The van der Waals surface area contributed by atoms with Crippen molar-refractivity contribution in [3.8, 4) is 5.75 Å². The van der Waals surface area contributed by atoms with Gasteiger partial charge in [-0.2, -0.15) is 0 Å². The molecule has 0 radical (unpaired) electrons. The van der Waals surface area contributed by atoms with Gasteiger partial charge in [-0.05, 0) is 29.8 Å². The van der Waals surface area contributed by atoms with Crippen LogP contribution in [-0.2, 0) is 6.54 Å². The highest BCUT2D eigenvalue weighted by atomic mass is 16.5. The molecule has 0 atom stereocenters. The lowest BCUT2D eigenvalue weighted by Gasteiger charge is -2.07. The summed E-state index contributed by atoms with van der Waals surface area (Å²) in [5.41, 5.74) is 2.22. The zero-order valence-corrected chi connectivity index (χ0v) is 11.5. The maximum absolute atomic E-state index is 12.0. The Morgan fingerprint density at radius 2 is 2.15 bits per heavy atom. The number of hydrogen-bond donors (Lipinski definition) is 2. The van der Waals surface area contributed by atoms with Gasteiger partial charge >= 0.3 is 0 Å². The normalized spacial score (nSPS) is 9.90. The molecule has 0 aliphatic rings. The van der Waals surface area contributed by atoms with Crippen molar-refractivity contribution < 1.29 is 9.53 Å². The number of methoxy groups -OCH3 is 1. The molecule has 0 bridgehead atoms. The summed E-state index contributed by atoms with van der Waals surface area (Å²) >= 11 is 0. The molecule has 20 heavy (non-hydrogen) atoms. The zero-order valence-electron chi connectivity index (χ0n) is 11.5. The average molecular weight is 271 g/mol. The second-order valence-electron chi connectivity index (χ2n) is 4.21.